The Kier molecular flexibility index (Phi) is 7.73. The second-order valence-electron chi connectivity index (χ2n) is 7.21. The molecule has 0 atom stereocenters. The molecule has 0 unspecified atom stereocenters. The van der Waals surface area contributed by atoms with Gasteiger partial charge in [0.15, 0.2) is 0 Å². The van der Waals surface area contributed by atoms with Crippen molar-refractivity contribution >= 4 is 6.03 Å². The van der Waals surface area contributed by atoms with Crippen molar-refractivity contribution < 1.29 is 9.53 Å². The van der Waals surface area contributed by atoms with E-state index < -0.39 is 0 Å². The molecule has 0 saturated carbocycles. The number of carbonyl (C=O) groups is 1. The Hall–Kier alpha value is -2.53. The van der Waals surface area contributed by atoms with Crippen LogP contribution in [0.25, 0.3) is 0 Å². The lowest BCUT2D eigenvalue weighted by Gasteiger charge is -2.34. The van der Waals surface area contributed by atoms with Crippen LogP contribution in [0, 0.1) is 0 Å². The first-order valence-electron chi connectivity index (χ1n) is 10.2. The molecule has 2 aromatic carbocycles. The van der Waals surface area contributed by atoms with E-state index in [4.69, 9.17) is 4.74 Å². The summed E-state index contributed by atoms with van der Waals surface area (Å²) in [5.41, 5.74) is 2.52. The molecule has 1 saturated heterocycles. The molecule has 1 aliphatic rings. The van der Waals surface area contributed by atoms with Gasteiger partial charge in [-0.15, -0.1) is 0 Å². The van der Waals surface area contributed by atoms with Gasteiger partial charge in [-0.05, 0) is 43.0 Å². The van der Waals surface area contributed by atoms with Gasteiger partial charge < -0.3 is 15.0 Å². The highest BCUT2D eigenvalue weighted by Gasteiger charge is 2.20. The van der Waals surface area contributed by atoms with Crippen LogP contribution in [-0.2, 0) is 12.8 Å². The third kappa shape index (κ3) is 5.99. The molecule has 1 heterocycles. The average molecular weight is 382 g/mol. The zero-order valence-electron chi connectivity index (χ0n) is 16.8. The first-order valence-corrected chi connectivity index (χ1v) is 10.2. The maximum Gasteiger partial charge on any atom is 0.317 e. The number of hydrogen-bond donors (Lipinski definition) is 1. The van der Waals surface area contributed by atoms with Gasteiger partial charge in [0.05, 0.1) is 7.11 Å². The molecular weight excluding hydrogens is 350 g/mol. The van der Waals surface area contributed by atoms with Gasteiger partial charge in [-0.1, -0.05) is 48.5 Å². The minimum absolute atomic E-state index is 0.0406. The monoisotopic (exact) mass is 381 g/mol. The number of urea groups is 1. The van der Waals surface area contributed by atoms with Crippen molar-refractivity contribution in [1.29, 1.82) is 0 Å². The summed E-state index contributed by atoms with van der Waals surface area (Å²) in [6.07, 6.45) is 3.05. The maximum absolute atomic E-state index is 12.4. The highest BCUT2D eigenvalue weighted by molar-refractivity contribution is 5.74. The van der Waals surface area contributed by atoms with Gasteiger partial charge in [0.25, 0.3) is 0 Å². The normalized spacial score (nSPS) is 14.7. The number of benzene rings is 2. The van der Waals surface area contributed by atoms with Crippen molar-refractivity contribution in [3.05, 3.63) is 65.7 Å². The van der Waals surface area contributed by atoms with Crippen LogP contribution < -0.4 is 10.1 Å². The third-order valence-corrected chi connectivity index (χ3v) is 5.31. The fourth-order valence-electron chi connectivity index (χ4n) is 3.65. The number of nitrogens with zero attached hydrogens (tertiary/aromatic N) is 2. The van der Waals surface area contributed by atoms with Gasteiger partial charge in [-0.3, -0.25) is 4.90 Å². The lowest BCUT2D eigenvalue weighted by Crippen LogP contribution is -2.52. The molecule has 28 heavy (non-hydrogen) atoms. The molecule has 3 rings (SSSR count). The molecule has 2 amide bonds. The van der Waals surface area contributed by atoms with Gasteiger partial charge >= 0.3 is 6.03 Å². The van der Waals surface area contributed by atoms with E-state index in [-0.39, 0.29) is 6.03 Å². The molecule has 1 fully saturated rings. The summed E-state index contributed by atoms with van der Waals surface area (Å²) in [5, 5.41) is 3.04. The number of aryl methyl sites for hydroxylation is 1. The smallest absolute Gasteiger partial charge is 0.317 e. The molecule has 0 radical (unpaired) electrons. The van der Waals surface area contributed by atoms with Gasteiger partial charge in [0, 0.05) is 32.7 Å². The number of para-hydroxylation sites is 1. The Morgan fingerprint density at radius 2 is 1.68 bits per heavy atom. The largest absolute Gasteiger partial charge is 0.496 e. The number of amides is 2. The summed E-state index contributed by atoms with van der Waals surface area (Å²) in [4.78, 5) is 16.8. The Morgan fingerprint density at radius 1 is 0.964 bits per heavy atom. The van der Waals surface area contributed by atoms with Crippen LogP contribution in [0.1, 0.15) is 17.5 Å². The van der Waals surface area contributed by atoms with E-state index in [1.54, 1.807) is 7.11 Å². The Balaban J connectivity index is 1.32. The molecule has 1 N–H and O–H groups in total. The van der Waals surface area contributed by atoms with Crippen molar-refractivity contribution in [1.82, 2.24) is 15.1 Å². The van der Waals surface area contributed by atoms with E-state index in [1.165, 1.54) is 5.56 Å². The standard InChI is InChI=1S/C23H31N3O2/c1-28-22-12-6-5-11-21(22)13-14-24-23(27)26-18-16-25(17-19-26)15-7-10-20-8-3-2-4-9-20/h2-6,8-9,11-12H,7,10,13-19H2,1H3,(H,24,27). The van der Waals surface area contributed by atoms with Crippen molar-refractivity contribution in [2.24, 2.45) is 0 Å². The van der Waals surface area contributed by atoms with E-state index in [9.17, 15) is 4.79 Å². The quantitative estimate of drug-likeness (QED) is 0.764. The zero-order valence-corrected chi connectivity index (χ0v) is 16.8. The van der Waals surface area contributed by atoms with Crippen LogP contribution in [0.3, 0.4) is 0 Å². The summed E-state index contributed by atoms with van der Waals surface area (Å²) >= 11 is 0. The maximum atomic E-state index is 12.4. The van der Waals surface area contributed by atoms with E-state index in [2.05, 4.69) is 40.5 Å². The second-order valence-corrected chi connectivity index (χ2v) is 7.21. The third-order valence-electron chi connectivity index (χ3n) is 5.31. The molecule has 0 aromatic heterocycles. The molecule has 150 valence electrons. The van der Waals surface area contributed by atoms with E-state index in [0.717, 1.165) is 63.3 Å². The average Bonchev–Trinajstić information content (AvgIpc) is 2.75. The molecule has 0 aliphatic carbocycles. The van der Waals surface area contributed by atoms with Crippen molar-refractivity contribution in [3.63, 3.8) is 0 Å². The Bertz CT molecular complexity index is 728. The van der Waals surface area contributed by atoms with Gasteiger partial charge in [-0.25, -0.2) is 4.79 Å². The van der Waals surface area contributed by atoms with E-state index >= 15 is 0 Å². The number of hydrogen-bond acceptors (Lipinski definition) is 3. The zero-order chi connectivity index (χ0) is 19.6. The molecule has 5 heteroatoms. The van der Waals surface area contributed by atoms with Crippen molar-refractivity contribution in [2.45, 2.75) is 19.3 Å². The van der Waals surface area contributed by atoms with Crippen LogP contribution in [0.4, 0.5) is 4.79 Å². The number of methoxy groups -OCH3 is 1. The number of ether oxygens (including phenoxy) is 1. The summed E-state index contributed by atoms with van der Waals surface area (Å²) in [6, 6.07) is 18.6. The fourth-order valence-corrected chi connectivity index (χ4v) is 3.65. The number of piperazine rings is 1. The minimum atomic E-state index is 0.0406. The molecular formula is C23H31N3O2. The topological polar surface area (TPSA) is 44.8 Å². The van der Waals surface area contributed by atoms with Gasteiger partial charge in [0.1, 0.15) is 5.75 Å². The summed E-state index contributed by atoms with van der Waals surface area (Å²) < 4.78 is 5.36. The molecule has 0 spiro atoms. The number of rotatable bonds is 8. The summed E-state index contributed by atoms with van der Waals surface area (Å²) in [7, 11) is 1.68. The first-order chi connectivity index (χ1) is 13.8. The molecule has 5 nitrogen and oxygen atoms in total. The Labute approximate surface area is 168 Å². The number of carbonyl (C=O) groups excluding carboxylic acids is 1. The molecule has 1 aliphatic heterocycles. The lowest BCUT2D eigenvalue weighted by molar-refractivity contribution is 0.138. The van der Waals surface area contributed by atoms with Gasteiger partial charge in [0.2, 0.25) is 0 Å². The first kappa shape index (κ1) is 20.2. The lowest BCUT2D eigenvalue weighted by atomic mass is 10.1. The van der Waals surface area contributed by atoms with Crippen LogP contribution in [0.5, 0.6) is 5.75 Å². The summed E-state index contributed by atoms with van der Waals surface area (Å²) in [5.74, 6) is 0.876. The van der Waals surface area contributed by atoms with Crippen LogP contribution in [0.2, 0.25) is 0 Å². The Morgan fingerprint density at radius 3 is 2.43 bits per heavy atom. The highest BCUT2D eigenvalue weighted by atomic mass is 16.5. The van der Waals surface area contributed by atoms with E-state index in [0.29, 0.717) is 6.54 Å². The van der Waals surface area contributed by atoms with Crippen molar-refractivity contribution in [2.75, 3.05) is 46.4 Å². The predicted molar refractivity (Wildman–Crippen MR) is 113 cm³/mol. The van der Waals surface area contributed by atoms with Gasteiger partial charge in [-0.2, -0.15) is 0 Å². The SMILES string of the molecule is COc1ccccc1CCNC(=O)N1CCN(CCCc2ccccc2)CC1. The van der Waals surface area contributed by atoms with Crippen LogP contribution in [0.15, 0.2) is 54.6 Å². The summed E-state index contributed by atoms with van der Waals surface area (Å²) in [6.45, 7) is 5.22. The minimum Gasteiger partial charge on any atom is -0.496 e. The van der Waals surface area contributed by atoms with Crippen LogP contribution in [-0.4, -0.2) is 62.2 Å². The molecule has 0 bridgehead atoms. The fraction of sp³-hybridized carbons (Fsp3) is 0.435. The van der Waals surface area contributed by atoms with Crippen LogP contribution >= 0.6 is 0 Å². The van der Waals surface area contributed by atoms with E-state index in [1.807, 2.05) is 29.2 Å². The predicted octanol–water partition coefficient (Wildman–Crippen LogP) is 3.20. The molecule has 2 aromatic rings. The highest BCUT2D eigenvalue weighted by Crippen LogP contribution is 2.17. The number of nitrogens with one attached hydrogen (secondary N) is 1. The second kappa shape index (κ2) is 10.7. The van der Waals surface area contributed by atoms with Crippen molar-refractivity contribution in [3.8, 4) is 5.75 Å².